The van der Waals surface area contributed by atoms with Crippen molar-refractivity contribution in [2.24, 2.45) is 0 Å². The van der Waals surface area contributed by atoms with Crippen molar-refractivity contribution in [1.29, 1.82) is 0 Å². The Labute approximate surface area is 86.9 Å². The summed E-state index contributed by atoms with van der Waals surface area (Å²) >= 11 is 0. The standard InChI is InChI=1S/C12H10O3/c1-15-11-5-4-8-2-3-9(12(13)14)6-10(8)7-11/h2-7H,1H3,(H,13,14). The number of rotatable bonds is 2. The summed E-state index contributed by atoms with van der Waals surface area (Å²) in [4.78, 5) is 10.8. The second kappa shape index (κ2) is 3.61. The number of hydrogen-bond acceptors (Lipinski definition) is 2. The van der Waals surface area contributed by atoms with Crippen LogP contribution in [0.2, 0.25) is 0 Å². The van der Waals surface area contributed by atoms with Crippen molar-refractivity contribution in [2.45, 2.75) is 0 Å². The first-order valence-electron chi connectivity index (χ1n) is 4.52. The molecule has 2 aromatic rings. The number of aromatic carboxylic acids is 1. The number of fused-ring (bicyclic) bond motifs is 1. The number of benzene rings is 2. The number of hydrogen-bond donors (Lipinski definition) is 1. The topological polar surface area (TPSA) is 46.5 Å². The Morgan fingerprint density at radius 3 is 2.53 bits per heavy atom. The zero-order chi connectivity index (χ0) is 10.8. The monoisotopic (exact) mass is 202 g/mol. The highest BCUT2D eigenvalue weighted by Gasteiger charge is 2.03. The van der Waals surface area contributed by atoms with Crippen molar-refractivity contribution in [3.8, 4) is 5.75 Å². The largest absolute Gasteiger partial charge is 0.497 e. The molecule has 0 heterocycles. The van der Waals surface area contributed by atoms with E-state index in [0.717, 1.165) is 16.5 Å². The molecule has 0 spiro atoms. The van der Waals surface area contributed by atoms with Gasteiger partial charge < -0.3 is 9.84 Å². The Balaban J connectivity index is 2.62. The maximum atomic E-state index is 10.8. The van der Waals surface area contributed by atoms with Gasteiger partial charge in [0.2, 0.25) is 0 Å². The van der Waals surface area contributed by atoms with Crippen LogP contribution in [0.4, 0.5) is 0 Å². The van der Waals surface area contributed by atoms with E-state index in [1.807, 2.05) is 18.2 Å². The maximum absolute atomic E-state index is 10.8. The fourth-order valence-corrected chi connectivity index (χ4v) is 1.48. The van der Waals surface area contributed by atoms with Gasteiger partial charge in [-0.3, -0.25) is 0 Å². The summed E-state index contributed by atoms with van der Waals surface area (Å²) in [5.74, 6) is -0.190. The van der Waals surface area contributed by atoms with Gasteiger partial charge in [0.15, 0.2) is 0 Å². The summed E-state index contributed by atoms with van der Waals surface area (Å²) in [7, 11) is 1.59. The van der Waals surface area contributed by atoms with Crippen LogP contribution in [0.1, 0.15) is 10.4 Å². The Morgan fingerprint density at radius 2 is 1.87 bits per heavy atom. The first kappa shape index (κ1) is 9.52. The Kier molecular flexibility index (Phi) is 2.29. The van der Waals surface area contributed by atoms with E-state index >= 15 is 0 Å². The first-order valence-corrected chi connectivity index (χ1v) is 4.52. The zero-order valence-corrected chi connectivity index (χ0v) is 8.23. The number of methoxy groups -OCH3 is 1. The van der Waals surface area contributed by atoms with Gasteiger partial charge in [-0.15, -0.1) is 0 Å². The van der Waals surface area contributed by atoms with E-state index in [2.05, 4.69) is 0 Å². The molecule has 0 atom stereocenters. The summed E-state index contributed by atoms with van der Waals surface area (Å²) in [6.45, 7) is 0. The number of ether oxygens (including phenoxy) is 1. The van der Waals surface area contributed by atoms with E-state index < -0.39 is 5.97 Å². The highest BCUT2D eigenvalue weighted by atomic mass is 16.5. The Bertz CT molecular complexity index is 517. The molecular weight excluding hydrogens is 192 g/mol. The summed E-state index contributed by atoms with van der Waals surface area (Å²) in [6.07, 6.45) is 0. The van der Waals surface area contributed by atoms with Gasteiger partial charge in [0, 0.05) is 0 Å². The molecule has 0 aliphatic rings. The molecule has 76 valence electrons. The van der Waals surface area contributed by atoms with E-state index in [0.29, 0.717) is 0 Å². The molecule has 0 amide bonds. The maximum Gasteiger partial charge on any atom is 0.335 e. The lowest BCUT2D eigenvalue weighted by molar-refractivity contribution is 0.0697. The highest BCUT2D eigenvalue weighted by molar-refractivity contribution is 5.94. The van der Waals surface area contributed by atoms with Gasteiger partial charge in [0.05, 0.1) is 12.7 Å². The molecular formula is C12H10O3. The molecule has 0 bridgehead atoms. The second-order valence-corrected chi connectivity index (χ2v) is 3.23. The Morgan fingerprint density at radius 1 is 1.13 bits per heavy atom. The average molecular weight is 202 g/mol. The van der Waals surface area contributed by atoms with Crippen molar-refractivity contribution in [2.75, 3.05) is 7.11 Å². The molecule has 0 saturated carbocycles. The van der Waals surface area contributed by atoms with Crippen LogP contribution >= 0.6 is 0 Å². The lowest BCUT2D eigenvalue weighted by atomic mass is 10.1. The first-order chi connectivity index (χ1) is 7.20. The van der Waals surface area contributed by atoms with E-state index in [4.69, 9.17) is 9.84 Å². The third-order valence-electron chi connectivity index (χ3n) is 2.29. The van der Waals surface area contributed by atoms with Gasteiger partial charge in [-0.1, -0.05) is 12.1 Å². The van der Waals surface area contributed by atoms with Crippen molar-refractivity contribution in [3.05, 3.63) is 42.0 Å². The van der Waals surface area contributed by atoms with Gasteiger partial charge in [0.25, 0.3) is 0 Å². The van der Waals surface area contributed by atoms with Gasteiger partial charge in [-0.05, 0) is 35.0 Å². The van der Waals surface area contributed by atoms with E-state index in [1.54, 1.807) is 25.3 Å². The van der Waals surface area contributed by atoms with Crippen LogP contribution in [0.5, 0.6) is 5.75 Å². The molecule has 1 N–H and O–H groups in total. The minimum absolute atomic E-state index is 0.288. The fraction of sp³-hybridized carbons (Fsp3) is 0.0833. The van der Waals surface area contributed by atoms with Crippen LogP contribution in [-0.4, -0.2) is 18.2 Å². The highest BCUT2D eigenvalue weighted by Crippen LogP contribution is 2.21. The summed E-state index contributed by atoms with van der Waals surface area (Å²) in [5.41, 5.74) is 0.288. The fourth-order valence-electron chi connectivity index (χ4n) is 1.48. The van der Waals surface area contributed by atoms with Crippen LogP contribution in [0.3, 0.4) is 0 Å². The van der Waals surface area contributed by atoms with E-state index in [-0.39, 0.29) is 5.56 Å². The van der Waals surface area contributed by atoms with Crippen LogP contribution in [0, 0.1) is 0 Å². The van der Waals surface area contributed by atoms with Crippen molar-refractivity contribution >= 4 is 16.7 Å². The number of carboxylic acid groups (broad SMARTS) is 1. The lowest BCUT2D eigenvalue weighted by Gasteiger charge is -2.03. The van der Waals surface area contributed by atoms with Crippen LogP contribution < -0.4 is 4.74 Å². The average Bonchev–Trinajstić information content (AvgIpc) is 2.27. The van der Waals surface area contributed by atoms with Crippen LogP contribution in [0.25, 0.3) is 10.8 Å². The summed E-state index contributed by atoms with van der Waals surface area (Å²) < 4.78 is 5.08. The van der Waals surface area contributed by atoms with Gasteiger partial charge in [-0.25, -0.2) is 4.79 Å². The lowest BCUT2D eigenvalue weighted by Crippen LogP contribution is -1.95. The van der Waals surface area contributed by atoms with Crippen molar-refractivity contribution in [3.63, 3.8) is 0 Å². The number of carboxylic acids is 1. The molecule has 15 heavy (non-hydrogen) atoms. The predicted molar refractivity (Wildman–Crippen MR) is 57.5 cm³/mol. The van der Waals surface area contributed by atoms with E-state index in [9.17, 15) is 4.79 Å². The third-order valence-corrected chi connectivity index (χ3v) is 2.29. The Hall–Kier alpha value is -2.03. The predicted octanol–water partition coefficient (Wildman–Crippen LogP) is 2.55. The minimum Gasteiger partial charge on any atom is -0.497 e. The number of carbonyl (C=O) groups is 1. The molecule has 0 aromatic heterocycles. The molecule has 0 saturated heterocycles. The van der Waals surface area contributed by atoms with Crippen LogP contribution in [-0.2, 0) is 0 Å². The normalized spacial score (nSPS) is 10.2. The molecule has 0 fully saturated rings. The van der Waals surface area contributed by atoms with E-state index in [1.165, 1.54) is 0 Å². The molecule has 3 nitrogen and oxygen atoms in total. The molecule has 0 aliphatic heterocycles. The van der Waals surface area contributed by atoms with Gasteiger partial charge in [-0.2, -0.15) is 0 Å². The molecule has 0 aliphatic carbocycles. The quantitative estimate of drug-likeness (QED) is 0.814. The van der Waals surface area contributed by atoms with Crippen molar-refractivity contribution < 1.29 is 14.6 Å². The summed E-state index contributed by atoms with van der Waals surface area (Å²) in [6, 6.07) is 10.6. The van der Waals surface area contributed by atoms with Crippen molar-refractivity contribution in [1.82, 2.24) is 0 Å². The second-order valence-electron chi connectivity index (χ2n) is 3.23. The molecule has 0 unspecified atom stereocenters. The zero-order valence-electron chi connectivity index (χ0n) is 8.23. The summed E-state index contributed by atoms with van der Waals surface area (Å²) in [5, 5.41) is 10.7. The molecule has 2 rings (SSSR count). The molecule has 2 aromatic carbocycles. The SMILES string of the molecule is COc1ccc2ccc(C(=O)O)cc2c1. The molecule has 0 radical (unpaired) electrons. The molecule has 3 heteroatoms. The van der Waals surface area contributed by atoms with Gasteiger partial charge in [0.1, 0.15) is 5.75 Å². The van der Waals surface area contributed by atoms with Gasteiger partial charge >= 0.3 is 5.97 Å². The smallest absolute Gasteiger partial charge is 0.335 e. The minimum atomic E-state index is -0.917. The third kappa shape index (κ3) is 1.76. The van der Waals surface area contributed by atoms with Crippen LogP contribution in [0.15, 0.2) is 36.4 Å².